The van der Waals surface area contributed by atoms with Crippen LogP contribution in [0.2, 0.25) is 0 Å². The first kappa shape index (κ1) is 13.7. The second kappa shape index (κ2) is 5.82. The molecule has 2 N–H and O–H groups in total. The van der Waals surface area contributed by atoms with Crippen molar-refractivity contribution in [3.63, 3.8) is 0 Å². The molecular formula is C12H18N2O2S. The fourth-order valence-electron chi connectivity index (χ4n) is 1.52. The van der Waals surface area contributed by atoms with Crippen molar-refractivity contribution in [3.8, 4) is 0 Å². The van der Waals surface area contributed by atoms with Crippen molar-refractivity contribution in [2.24, 2.45) is 5.73 Å². The van der Waals surface area contributed by atoms with Gasteiger partial charge < -0.3 is 15.1 Å². The van der Waals surface area contributed by atoms with Crippen LogP contribution in [0, 0.1) is 6.92 Å². The van der Waals surface area contributed by atoms with E-state index in [0.717, 1.165) is 5.76 Å². The van der Waals surface area contributed by atoms with Crippen molar-refractivity contribution in [3.05, 3.63) is 23.7 Å². The molecule has 0 aliphatic rings. The maximum atomic E-state index is 12.2. The molecule has 0 unspecified atom stereocenters. The average molecular weight is 254 g/mol. The van der Waals surface area contributed by atoms with Crippen molar-refractivity contribution in [1.29, 1.82) is 0 Å². The third-order valence-electron chi connectivity index (χ3n) is 2.43. The van der Waals surface area contributed by atoms with Gasteiger partial charge in [-0.3, -0.25) is 4.79 Å². The van der Waals surface area contributed by atoms with Crippen LogP contribution in [0.4, 0.5) is 0 Å². The summed E-state index contributed by atoms with van der Waals surface area (Å²) in [5.74, 6) is 0.967. The first-order valence-corrected chi connectivity index (χ1v) is 5.98. The van der Waals surface area contributed by atoms with Crippen LogP contribution in [0.3, 0.4) is 0 Å². The Balaban J connectivity index is 2.77. The van der Waals surface area contributed by atoms with Gasteiger partial charge in [-0.15, -0.1) is 0 Å². The zero-order valence-corrected chi connectivity index (χ0v) is 11.2. The van der Waals surface area contributed by atoms with Crippen LogP contribution in [0.1, 0.15) is 36.6 Å². The number of amides is 1. The molecule has 0 saturated carbocycles. The first-order chi connectivity index (χ1) is 7.91. The van der Waals surface area contributed by atoms with Gasteiger partial charge in [-0.1, -0.05) is 12.2 Å². The lowest BCUT2D eigenvalue weighted by atomic mass is 10.2. The lowest BCUT2D eigenvalue weighted by molar-refractivity contribution is 0.0677. The minimum Gasteiger partial charge on any atom is -0.456 e. The molecule has 0 bridgehead atoms. The summed E-state index contributed by atoms with van der Waals surface area (Å²) in [7, 11) is 0. The van der Waals surface area contributed by atoms with Gasteiger partial charge in [0.25, 0.3) is 5.91 Å². The number of carbonyl (C=O) groups excluding carboxylic acids is 1. The van der Waals surface area contributed by atoms with E-state index >= 15 is 0 Å². The summed E-state index contributed by atoms with van der Waals surface area (Å²) in [5.41, 5.74) is 5.45. The third-order valence-corrected chi connectivity index (χ3v) is 2.64. The van der Waals surface area contributed by atoms with Gasteiger partial charge >= 0.3 is 0 Å². The summed E-state index contributed by atoms with van der Waals surface area (Å²) in [6, 6.07) is 3.55. The van der Waals surface area contributed by atoms with E-state index in [0.29, 0.717) is 23.7 Å². The van der Waals surface area contributed by atoms with E-state index < -0.39 is 0 Å². The molecule has 0 saturated heterocycles. The molecule has 4 nitrogen and oxygen atoms in total. The first-order valence-electron chi connectivity index (χ1n) is 5.57. The molecule has 0 aliphatic carbocycles. The molecule has 1 heterocycles. The molecule has 0 spiro atoms. The quantitative estimate of drug-likeness (QED) is 0.818. The Morgan fingerprint density at radius 1 is 1.53 bits per heavy atom. The number of carbonyl (C=O) groups is 1. The topological polar surface area (TPSA) is 59.5 Å². The zero-order chi connectivity index (χ0) is 13.0. The van der Waals surface area contributed by atoms with Crippen LogP contribution in [-0.2, 0) is 0 Å². The highest BCUT2D eigenvalue weighted by atomic mass is 32.1. The van der Waals surface area contributed by atoms with Gasteiger partial charge in [0, 0.05) is 19.0 Å². The summed E-state index contributed by atoms with van der Waals surface area (Å²) in [6.07, 6.45) is 0.527. The number of nitrogens with zero attached hydrogens (tertiary/aromatic N) is 1. The fourth-order valence-corrected chi connectivity index (χ4v) is 1.61. The van der Waals surface area contributed by atoms with E-state index in [1.807, 2.05) is 20.8 Å². The Morgan fingerprint density at radius 2 is 2.18 bits per heavy atom. The Hall–Kier alpha value is -1.36. The van der Waals surface area contributed by atoms with E-state index in [1.54, 1.807) is 17.0 Å². The Labute approximate surface area is 107 Å². The van der Waals surface area contributed by atoms with Crippen LogP contribution < -0.4 is 5.73 Å². The van der Waals surface area contributed by atoms with E-state index in [2.05, 4.69) is 0 Å². The van der Waals surface area contributed by atoms with Gasteiger partial charge in [-0.2, -0.15) is 0 Å². The molecule has 0 aliphatic heterocycles. The van der Waals surface area contributed by atoms with Gasteiger partial charge in [0.05, 0.1) is 4.99 Å². The Bertz CT molecular complexity index is 412. The molecule has 1 aromatic rings. The maximum absolute atomic E-state index is 12.2. The molecule has 94 valence electrons. The van der Waals surface area contributed by atoms with E-state index in [4.69, 9.17) is 22.4 Å². The lowest BCUT2D eigenvalue weighted by Gasteiger charge is -2.25. The van der Waals surface area contributed by atoms with Gasteiger partial charge in [0.1, 0.15) is 5.76 Å². The van der Waals surface area contributed by atoms with Crippen molar-refractivity contribution < 1.29 is 9.21 Å². The average Bonchev–Trinajstić information content (AvgIpc) is 2.63. The number of thiocarbonyl (C=S) groups is 1. The van der Waals surface area contributed by atoms with E-state index in [1.165, 1.54) is 0 Å². The highest BCUT2D eigenvalue weighted by Gasteiger charge is 2.21. The van der Waals surface area contributed by atoms with Gasteiger partial charge in [0.2, 0.25) is 0 Å². The predicted molar refractivity (Wildman–Crippen MR) is 71.0 cm³/mol. The summed E-state index contributed by atoms with van der Waals surface area (Å²) in [6.45, 7) is 6.23. The molecular weight excluding hydrogens is 236 g/mol. The number of hydrogen-bond acceptors (Lipinski definition) is 3. The third kappa shape index (κ3) is 3.85. The summed E-state index contributed by atoms with van der Waals surface area (Å²) in [5, 5.41) is 0. The van der Waals surface area contributed by atoms with Gasteiger partial charge in [-0.25, -0.2) is 0 Å². The van der Waals surface area contributed by atoms with Crippen LogP contribution in [0.25, 0.3) is 0 Å². The molecule has 17 heavy (non-hydrogen) atoms. The molecule has 1 rings (SSSR count). The van der Waals surface area contributed by atoms with Gasteiger partial charge in [-0.05, 0) is 32.9 Å². The fraction of sp³-hybridized carbons (Fsp3) is 0.500. The van der Waals surface area contributed by atoms with E-state index in [9.17, 15) is 4.79 Å². The maximum Gasteiger partial charge on any atom is 0.289 e. The summed E-state index contributed by atoms with van der Waals surface area (Å²) < 4.78 is 5.33. The van der Waals surface area contributed by atoms with Crippen LogP contribution in [-0.4, -0.2) is 28.4 Å². The smallest absolute Gasteiger partial charge is 0.289 e. The number of rotatable bonds is 5. The lowest BCUT2D eigenvalue weighted by Crippen LogP contribution is -2.38. The SMILES string of the molecule is Cc1ccc(C(=O)N(CCC(N)=S)C(C)C)o1. The summed E-state index contributed by atoms with van der Waals surface area (Å²) in [4.78, 5) is 14.3. The van der Waals surface area contributed by atoms with E-state index in [-0.39, 0.29) is 11.9 Å². The standard InChI is InChI=1S/C12H18N2O2S/c1-8(2)14(7-6-11(13)17)12(15)10-5-4-9(3)16-10/h4-5,8H,6-7H2,1-3H3,(H2,13,17). The molecule has 0 atom stereocenters. The number of nitrogens with two attached hydrogens (primary N) is 1. The number of hydrogen-bond donors (Lipinski definition) is 1. The predicted octanol–water partition coefficient (Wildman–Crippen LogP) is 2.11. The minimum absolute atomic E-state index is 0.0854. The number of furan rings is 1. The molecule has 0 aromatic carbocycles. The molecule has 1 amide bonds. The van der Waals surface area contributed by atoms with Crippen molar-refractivity contribution in [2.75, 3.05) is 6.54 Å². The Kier molecular flexibility index (Phi) is 4.69. The second-order valence-corrected chi connectivity index (χ2v) is 4.74. The highest BCUT2D eigenvalue weighted by molar-refractivity contribution is 7.80. The monoisotopic (exact) mass is 254 g/mol. The molecule has 0 fully saturated rings. The molecule has 0 radical (unpaired) electrons. The van der Waals surface area contributed by atoms with Crippen LogP contribution in [0.5, 0.6) is 0 Å². The Morgan fingerprint density at radius 3 is 2.59 bits per heavy atom. The molecule has 5 heteroatoms. The van der Waals surface area contributed by atoms with Crippen LogP contribution >= 0.6 is 12.2 Å². The number of aryl methyl sites for hydroxylation is 1. The van der Waals surface area contributed by atoms with Crippen molar-refractivity contribution >= 4 is 23.1 Å². The minimum atomic E-state index is -0.121. The largest absolute Gasteiger partial charge is 0.456 e. The molecule has 1 aromatic heterocycles. The van der Waals surface area contributed by atoms with Crippen molar-refractivity contribution in [1.82, 2.24) is 4.90 Å². The van der Waals surface area contributed by atoms with Crippen LogP contribution in [0.15, 0.2) is 16.5 Å². The summed E-state index contributed by atoms with van der Waals surface area (Å²) >= 11 is 4.82. The zero-order valence-electron chi connectivity index (χ0n) is 10.4. The second-order valence-electron chi connectivity index (χ2n) is 4.22. The van der Waals surface area contributed by atoms with Gasteiger partial charge in [0.15, 0.2) is 5.76 Å². The highest BCUT2D eigenvalue weighted by Crippen LogP contribution is 2.12. The van der Waals surface area contributed by atoms with Crippen molar-refractivity contribution in [2.45, 2.75) is 33.2 Å². The normalized spacial score (nSPS) is 10.6.